The van der Waals surface area contributed by atoms with Gasteiger partial charge in [0.2, 0.25) is 0 Å². The average Bonchev–Trinajstić information content (AvgIpc) is 2.38. The summed E-state index contributed by atoms with van der Waals surface area (Å²) in [5.74, 6) is 0.260. The van der Waals surface area contributed by atoms with Gasteiger partial charge >= 0.3 is 5.97 Å². The number of aromatic nitrogens is 3. The Morgan fingerprint density at radius 1 is 1.47 bits per heavy atom. The van der Waals surface area contributed by atoms with E-state index in [-0.39, 0.29) is 18.2 Å². The van der Waals surface area contributed by atoms with E-state index in [2.05, 4.69) is 15.0 Å². The van der Waals surface area contributed by atoms with Crippen LogP contribution >= 0.6 is 11.8 Å². The van der Waals surface area contributed by atoms with Crippen molar-refractivity contribution >= 4 is 34.6 Å². The summed E-state index contributed by atoms with van der Waals surface area (Å²) in [4.78, 5) is 25.0. The van der Waals surface area contributed by atoms with Gasteiger partial charge in [-0.05, 0) is 19.2 Å². The molecule has 2 aromatic rings. The lowest BCUT2D eigenvalue weighted by Crippen LogP contribution is -2.11. The highest BCUT2D eigenvalue weighted by Crippen LogP contribution is 2.21. The molecule has 0 saturated heterocycles. The second-order valence-corrected chi connectivity index (χ2v) is 4.63. The fourth-order valence-electron chi connectivity index (χ4n) is 1.61. The van der Waals surface area contributed by atoms with Crippen LogP contribution < -0.4 is 5.73 Å². The number of pyridine rings is 1. The lowest BCUT2D eigenvalue weighted by Gasteiger charge is -2.05. The van der Waals surface area contributed by atoms with E-state index in [1.54, 1.807) is 24.9 Å². The van der Waals surface area contributed by atoms with Crippen molar-refractivity contribution in [1.82, 2.24) is 15.0 Å². The number of carbonyl (C=O) groups excluding carboxylic acids is 1. The van der Waals surface area contributed by atoms with Gasteiger partial charge in [-0.1, -0.05) is 0 Å². The maximum Gasteiger partial charge on any atom is 0.313 e. The lowest BCUT2D eigenvalue weighted by atomic mass is 10.3. The quantitative estimate of drug-likeness (QED) is 0.668. The molecule has 6 nitrogen and oxygen atoms in total. The summed E-state index contributed by atoms with van der Waals surface area (Å²) in [5, 5.41) is 0. The molecule has 2 heterocycles. The van der Waals surface area contributed by atoms with Crippen molar-refractivity contribution in [3.8, 4) is 0 Å². The summed E-state index contributed by atoms with van der Waals surface area (Å²) < 4.78 is 4.86. The minimum Gasteiger partial charge on any atom is -0.466 e. The summed E-state index contributed by atoms with van der Waals surface area (Å²) >= 11 is 1.56. The van der Waals surface area contributed by atoms with Crippen LogP contribution in [0.15, 0.2) is 17.2 Å². The molecule has 0 aliphatic carbocycles. The highest BCUT2D eigenvalue weighted by molar-refractivity contribution is 7.98. The molecule has 2 rings (SSSR count). The van der Waals surface area contributed by atoms with Gasteiger partial charge in [0.15, 0.2) is 5.82 Å². The summed E-state index contributed by atoms with van der Waals surface area (Å²) in [7, 11) is 0. The molecule has 0 unspecified atom stereocenters. The minimum atomic E-state index is -0.366. The number of nitrogen functional groups attached to an aromatic ring is 1. The summed E-state index contributed by atoms with van der Waals surface area (Å²) in [6.07, 6.45) is 3.68. The number of thioether (sulfide) groups is 1. The Labute approximate surface area is 114 Å². The van der Waals surface area contributed by atoms with E-state index in [1.807, 2.05) is 12.3 Å². The van der Waals surface area contributed by atoms with Crippen LogP contribution in [0.4, 0.5) is 5.82 Å². The van der Waals surface area contributed by atoms with E-state index in [0.717, 1.165) is 4.90 Å². The van der Waals surface area contributed by atoms with Gasteiger partial charge < -0.3 is 10.5 Å². The normalized spacial score (nSPS) is 10.6. The van der Waals surface area contributed by atoms with Crippen LogP contribution in [0, 0.1) is 0 Å². The third-order valence-corrected chi connectivity index (χ3v) is 3.12. The van der Waals surface area contributed by atoms with Crippen molar-refractivity contribution in [2.75, 3.05) is 18.6 Å². The van der Waals surface area contributed by atoms with E-state index in [0.29, 0.717) is 23.5 Å². The molecule has 0 aliphatic heterocycles. The Morgan fingerprint density at radius 3 is 2.95 bits per heavy atom. The van der Waals surface area contributed by atoms with Gasteiger partial charge in [-0.3, -0.25) is 4.79 Å². The van der Waals surface area contributed by atoms with E-state index in [1.165, 1.54) is 0 Å². The third-order valence-electron chi connectivity index (χ3n) is 2.43. The van der Waals surface area contributed by atoms with Crippen LogP contribution in [-0.2, 0) is 16.0 Å². The number of nitrogens with two attached hydrogens (primary N) is 1. The Kier molecular flexibility index (Phi) is 4.16. The van der Waals surface area contributed by atoms with Crippen LogP contribution in [0.1, 0.15) is 12.7 Å². The predicted molar refractivity (Wildman–Crippen MR) is 73.9 cm³/mol. The van der Waals surface area contributed by atoms with Crippen molar-refractivity contribution in [3.63, 3.8) is 0 Å². The van der Waals surface area contributed by atoms with Crippen LogP contribution in [0.2, 0.25) is 0 Å². The standard InChI is InChI=1S/C12H14N4O2S/c1-3-18-10(17)5-9-15-8-4-7(19-2)6-14-11(8)12(13)16-9/h4,6H,3,5H2,1-2H3,(H2,13,15,16). The topological polar surface area (TPSA) is 91.0 Å². The molecule has 0 aliphatic rings. The first kappa shape index (κ1) is 13.5. The minimum absolute atomic E-state index is 0.0114. The zero-order valence-corrected chi connectivity index (χ0v) is 11.5. The highest BCUT2D eigenvalue weighted by Gasteiger charge is 2.11. The van der Waals surface area contributed by atoms with Gasteiger partial charge in [0, 0.05) is 11.1 Å². The number of hydrogen-bond acceptors (Lipinski definition) is 7. The molecule has 19 heavy (non-hydrogen) atoms. The number of carbonyl (C=O) groups is 1. The second kappa shape index (κ2) is 5.83. The molecule has 2 aromatic heterocycles. The number of hydrogen-bond donors (Lipinski definition) is 1. The van der Waals surface area contributed by atoms with E-state index in [9.17, 15) is 4.79 Å². The SMILES string of the molecule is CCOC(=O)Cc1nc(N)c2ncc(SC)cc2n1. The molecule has 7 heteroatoms. The predicted octanol–water partition coefficient (Wildman–Crippen LogP) is 1.43. The fourth-order valence-corrected chi connectivity index (χ4v) is 1.99. The van der Waals surface area contributed by atoms with Gasteiger partial charge in [-0.2, -0.15) is 0 Å². The molecule has 2 N–H and O–H groups in total. The van der Waals surface area contributed by atoms with Crippen molar-refractivity contribution in [2.24, 2.45) is 0 Å². The van der Waals surface area contributed by atoms with E-state index < -0.39 is 0 Å². The maximum absolute atomic E-state index is 11.4. The molecule has 100 valence electrons. The molecule has 0 spiro atoms. The number of anilines is 1. The Hall–Kier alpha value is -1.89. The molecule has 0 radical (unpaired) electrons. The maximum atomic E-state index is 11.4. The zero-order valence-electron chi connectivity index (χ0n) is 10.7. The molecule has 0 fully saturated rings. The Balaban J connectivity index is 2.38. The smallest absolute Gasteiger partial charge is 0.313 e. The van der Waals surface area contributed by atoms with Crippen LogP contribution in [0.5, 0.6) is 0 Å². The molecular weight excluding hydrogens is 264 g/mol. The summed E-state index contributed by atoms with van der Waals surface area (Å²) in [6, 6.07) is 1.87. The van der Waals surface area contributed by atoms with Crippen molar-refractivity contribution in [2.45, 2.75) is 18.2 Å². The van der Waals surface area contributed by atoms with Gasteiger partial charge in [-0.25, -0.2) is 15.0 Å². The lowest BCUT2D eigenvalue weighted by molar-refractivity contribution is -0.142. The molecular formula is C12H14N4O2S. The van der Waals surface area contributed by atoms with Gasteiger partial charge in [0.25, 0.3) is 0 Å². The second-order valence-electron chi connectivity index (χ2n) is 3.75. The summed E-state index contributed by atoms with van der Waals surface area (Å²) in [5.41, 5.74) is 7.01. The van der Waals surface area contributed by atoms with Crippen molar-refractivity contribution in [3.05, 3.63) is 18.1 Å². The first-order valence-corrected chi connectivity index (χ1v) is 6.98. The summed E-state index contributed by atoms with van der Waals surface area (Å²) in [6.45, 7) is 2.09. The monoisotopic (exact) mass is 278 g/mol. The van der Waals surface area contributed by atoms with E-state index >= 15 is 0 Å². The molecule has 0 aromatic carbocycles. The van der Waals surface area contributed by atoms with Gasteiger partial charge in [-0.15, -0.1) is 11.8 Å². The zero-order chi connectivity index (χ0) is 13.8. The highest BCUT2D eigenvalue weighted by atomic mass is 32.2. The average molecular weight is 278 g/mol. The van der Waals surface area contributed by atoms with Crippen molar-refractivity contribution < 1.29 is 9.53 Å². The van der Waals surface area contributed by atoms with Crippen LogP contribution in [0.25, 0.3) is 11.0 Å². The number of fused-ring (bicyclic) bond motifs is 1. The van der Waals surface area contributed by atoms with E-state index in [4.69, 9.17) is 10.5 Å². The molecule has 0 saturated carbocycles. The third kappa shape index (κ3) is 3.11. The fraction of sp³-hybridized carbons (Fsp3) is 0.333. The molecule has 0 atom stereocenters. The van der Waals surface area contributed by atoms with Crippen LogP contribution in [-0.4, -0.2) is 33.8 Å². The molecule has 0 amide bonds. The van der Waals surface area contributed by atoms with Crippen molar-refractivity contribution in [1.29, 1.82) is 0 Å². The molecule has 0 bridgehead atoms. The number of nitrogens with zero attached hydrogens (tertiary/aromatic N) is 3. The first-order chi connectivity index (χ1) is 9.13. The van der Waals surface area contributed by atoms with Crippen LogP contribution in [0.3, 0.4) is 0 Å². The van der Waals surface area contributed by atoms with Gasteiger partial charge in [0.05, 0.1) is 12.1 Å². The largest absolute Gasteiger partial charge is 0.466 e. The number of esters is 1. The Bertz CT molecular complexity index is 618. The number of rotatable bonds is 4. The van der Waals surface area contributed by atoms with Gasteiger partial charge in [0.1, 0.15) is 17.8 Å². The Morgan fingerprint density at radius 2 is 2.26 bits per heavy atom. The number of ether oxygens (including phenoxy) is 1. The first-order valence-electron chi connectivity index (χ1n) is 5.75.